The molecule has 9 heavy (non-hydrogen) atoms. The standard InChI is InChI=1S/C6H8N2O/c1-2-7-5-8(3-1)6-4-9-6/h1-3,6H,4-5H2. The molecule has 1 unspecified atom stereocenters. The van der Waals surface area contributed by atoms with Gasteiger partial charge in [-0.2, -0.15) is 0 Å². The van der Waals surface area contributed by atoms with Crippen LogP contribution in [0.15, 0.2) is 17.3 Å². The first-order valence-corrected chi connectivity index (χ1v) is 3.01. The maximum absolute atomic E-state index is 5.05. The van der Waals surface area contributed by atoms with Crippen molar-refractivity contribution >= 4 is 6.21 Å². The largest absolute Gasteiger partial charge is 0.351 e. The Bertz CT molecular complexity index is 160. The molecule has 1 atom stereocenters. The number of hydrogen-bond acceptors (Lipinski definition) is 3. The molecule has 0 radical (unpaired) electrons. The van der Waals surface area contributed by atoms with Gasteiger partial charge in [-0.25, -0.2) is 0 Å². The summed E-state index contributed by atoms with van der Waals surface area (Å²) >= 11 is 0. The average Bonchev–Trinajstić information content (AvgIpc) is 2.71. The zero-order chi connectivity index (χ0) is 6.10. The molecule has 0 aliphatic carbocycles. The fourth-order valence-electron chi connectivity index (χ4n) is 0.820. The fraction of sp³-hybridized carbons (Fsp3) is 0.500. The molecule has 0 N–H and O–H groups in total. The van der Waals surface area contributed by atoms with Crippen LogP contribution in [0.1, 0.15) is 0 Å². The molecule has 0 aromatic carbocycles. The number of nitrogens with zero attached hydrogens (tertiary/aromatic N) is 2. The first-order valence-electron chi connectivity index (χ1n) is 3.01. The van der Waals surface area contributed by atoms with E-state index >= 15 is 0 Å². The molecule has 2 rings (SSSR count). The van der Waals surface area contributed by atoms with E-state index < -0.39 is 0 Å². The van der Waals surface area contributed by atoms with Gasteiger partial charge < -0.3 is 9.64 Å². The van der Waals surface area contributed by atoms with E-state index in [1.165, 1.54) is 0 Å². The van der Waals surface area contributed by atoms with Crippen LogP contribution in [0.25, 0.3) is 0 Å². The van der Waals surface area contributed by atoms with Crippen LogP contribution in [0, 0.1) is 0 Å². The van der Waals surface area contributed by atoms with Crippen molar-refractivity contribution in [2.24, 2.45) is 4.99 Å². The van der Waals surface area contributed by atoms with Crippen LogP contribution in [0.5, 0.6) is 0 Å². The van der Waals surface area contributed by atoms with Crippen molar-refractivity contribution < 1.29 is 4.74 Å². The van der Waals surface area contributed by atoms with Crippen molar-refractivity contribution in [3.8, 4) is 0 Å². The van der Waals surface area contributed by atoms with Gasteiger partial charge in [0.2, 0.25) is 0 Å². The van der Waals surface area contributed by atoms with Crippen molar-refractivity contribution in [1.29, 1.82) is 0 Å². The van der Waals surface area contributed by atoms with Crippen molar-refractivity contribution in [3.63, 3.8) is 0 Å². The van der Waals surface area contributed by atoms with Crippen LogP contribution >= 0.6 is 0 Å². The van der Waals surface area contributed by atoms with Gasteiger partial charge in [0.1, 0.15) is 6.67 Å². The zero-order valence-corrected chi connectivity index (χ0v) is 5.03. The molecule has 0 bridgehead atoms. The summed E-state index contributed by atoms with van der Waals surface area (Å²) in [4.78, 5) is 6.12. The van der Waals surface area contributed by atoms with E-state index in [9.17, 15) is 0 Å². The molecule has 0 spiro atoms. The second-order valence-electron chi connectivity index (χ2n) is 2.12. The summed E-state index contributed by atoms with van der Waals surface area (Å²) in [7, 11) is 0. The number of hydrogen-bond donors (Lipinski definition) is 0. The summed E-state index contributed by atoms with van der Waals surface area (Å²) in [5, 5.41) is 0. The molecule has 0 aromatic rings. The number of epoxide rings is 1. The molecule has 3 heteroatoms. The minimum absolute atomic E-state index is 0.318. The number of allylic oxidation sites excluding steroid dienone is 1. The zero-order valence-electron chi connectivity index (χ0n) is 5.03. The van der Waals surface area contributed by atoms with Gasteiger partial charge in [0.25, 0.3) is 0 Å². The third kappa shape index (κ3) is 0.954. The molecule has 0 aromatic heterocycles. The molecule has 3 nitrogen and oxygen atoms in total. The van der Waals surface area contributed by atoms with Crippen molar-refractivity contribution in [3.05, 3.63) is 12.3 Å². The molecule has 48 valence electrons. The number of aliphatic imine (C=N–C) groups is 1. The van der Waals surface area contributed by atoms with Gasteiger partial charge in [-0.3, -0.25) is 4.99 Å². The van der Waals surface area contributed by atoms with Gasteiger partial charge in [0.05, 0.1) is 6.61 Å². The normalized spacial score (nSPS) is 31.1. The van der Waals surface area contributed by atoms with Crippen LogP contribution in [-0.2, 0) is 4.74 Å². The Balaban J connectivity index is 1.98. The molecule has 0 saturated carbocycles. The van der Waals surface area contributed by atoms with E-state index in [4.69, 9.17) is 4.74 Å². The lowest BCUT2D eigenvalue weighted by Gasteiger charge is -2.15. The summed E-state index contributed by atoms with van der Waals surface area (Å²) in [6, 6.07) is 0. The highest BCUT2D eigenvalue weighted by Crippen LogP contribution is 2.15. The van der Waals surface area contributed by atoms with Crippen molar-refractivity contribution in [2.45, 2.75) is 6.23 Å². The van der Waals surface area contributed by atoms with Crippen molar-refractivity contribution in [2.75, 3.05) is 13.3 Å². The van der Waals surface area contributed by atoms with Gasteiger partial charge in [-0.05, 0) is 6.08 Å². The Morgan fingerprint density at radius 2 is 2.56 bits per heavy atom. The summed E-state index contributed by atoms with van der Waals surface area (Å²) in [5.74, 6) is 0. The monoisotopic (exact) mass is 124 g/mol. The number of ether oxygens (including phenoxy) is 1. The Kier molecular flexibility index (Phi) is 1.02. The van der Waals surface area contributed by atoms with Crippen LogP contribution in [-0.4, -0.2) is 30.6 Å². The Morgan fingerprint density at radius 1 is 1.67 bits per heavy atom. The van der Waals surface area contributed by atoms with E-state index in [0.717, 1.165) is 13.3 Å². The summed E-state index contributed by atoms with van der Waals surface area (Å²) < 4.78 is 5.05. The van der Waals surface area contributed by atoms with Gasteiger partial charge in [0.15, 0.2) is 6.23 Å². The summed E-state index contributed by atoms with van der Waals surface area (Å²) in [5.41, 5.74) is 0. The lowest BCUT2D eigenvalue weighted by Crippen LogP contribution is -2.22. The van der Waals surface area contributed by atoms with E-state index in [1.807, 2.05) is 12.3 Å². The Morgan fingerprint density at radius 3 is 3.11 bits per heavy atom. The van der Waals surface area contributed by atoms with Gasteiger partial charge in [0, 0.05) is 12.4 Å². The van der Waals surface area contributed by atoms with Gasteiger partial charge in [-0.15, -0.1) is 0 Å². The predicted octanol–water partition coefficient (Wildman–Crippen LogP) is 0.200. The molecule has 2 aliphatic rings. The topological polar surface area (TPSA) is 28.1 Å². The van der Waals surface area contributed by atoms with E-state index in [2.05, 4.69) is 9.89 Å². The quantitative estimate of drug-likeness (QED) is 0.467. The first kappa shape index (κ1) is 4.99. The highest BCUT2D eigenvalue weighted by Gasteiger charge is 2.27. The molecule has 1 saturated heterocycles. The lowest BCUT2D eigenvalue weighted by atomic mass is 10.5. The minimum Gasteiger partial charge on any atom is -0.351 e. The highest BCUT2D eigenvalue weighted by molar-refractivity contribution is 5.71. The molecular formula is C6H8N2O. The molecular weight excluding hydrogens is 116 g/mol. The van der Waals surface area contributed by atoms with E-state index in [0.29, 0.717) is 6.23 Å². The summed E-state index contributed by atoms with van der Waals surface area (Å²) in [6.45, 7) is 1.61. The van der Waals surface area contributed by atoms with Crippen LogP contribution in [0.2, 0.25) is 0 Å². The van der Waals surface area contributed by atoms with Crippen LogP contribution in [0.3, 0.4) is 0 Å². The van der Waals surface area contributed by atoms with Crippen LogP contribution in [0.4, 0.5) is 0 Å². The Hall–Kier alpha value is -0.830. The lowest BCUT2D eigenvalue weighted by molar-refractivity contribution is 0.241. The molecule has 0 amide bonds. The van der Waals surface area contributed by atoms with E-state index in [1.54, 1.807) is 6.21 Å². The highest BCUT2D eigenvalue weighted by atomic mass is 16.6. The maximum Gasteiger partial charge on any atom is 0.155 e. The van der Waals surface area contributed by atoms with Gasteiger partial charge in [-0.1, -0.05) is 0 Å². The molecule has 2 heterocycles. The third-order valence-corrected chi connectivity index (χ3v) is 1.40. The number of rotatable bonds is 1. The third-order valence-electron chi connectivity index (χ3n) is 1.40. The Labute approximate surface area is 53.6 Å². The SMILES string of the molecule is C1=CN(C2CO2)CN=C1. The molecule has 2 aliphatic heterocycles. The average molecular weight is 124 g/mol. The van der Waals surface area contributed by atoms with Gasteiger partial charge >= 0.3 is 0 Å². The first-order chi connectivity index (χ1) is 4.47. The fourth-order valence-corrected chi connectivity index (χ4v) is 0.820. The van der Waals surface area contributed by atoms with Crippen molar-refractivity contribution in [1.82, 2.24) is 4.90 Å². The second kappa shape index (κ2) is 1.84. The molecule has 1 fully saturated rings. The minimum atomic E-state index is 0.318. The summed E-state index contributed by atoms with van der Waals surface area (Å²) in [6.07, 6.45) is 6.05. The second-order valence-corrected chi connectivity index (χ2v) is 2.12. The van der Waals surface area contributed by atoms with Crippen LogP contribution < -0.4 is 0 Å². The van der Waals surface area contributed by atoms with E-state index in [-0.39, 0.29) is 0 Å². The predicted molar refractivity (Wildman–Crippen MR) is 34.1 cm³/mol. The maximum atomic E-state index is 5.05. The smallest absolute Gasteiger partial charge is 0.155 e.